The van der Waals surface area contributed by atoms with Gasteiger partial charge in [-0.15, -0.1) is 0 Å². The first-order chi connectivity index (χ1) is 17.0. The normalized spacial score (nSPS) is 16.5. The van der Waals surface area contributed by atoms with Gasteiger partial charge >= 0.3 is 0 Å². The molecule has 0 bridgehead atoms. The zero-order valence-corrected chi connectivity index (χ0v) is 19.4. The molecule has 0 saturated carbocycles. The SMILES string of the molecule is COc1ccccc1CN1C(=O)COCC1C(O)c1ccc(NC(=O)COc2ccccc2)cc1. The highest BCUT2D eigenvalue weighted by atomic mass is 16.5. The van der Waals surface area contributed by atoms with E-state index >= 15 is 0 Å². The number of carbonyl (C=O) groups excluding carboxylic acids is 2. The number of methoxy groups -OCH3 is 1. The van der Waals surface area contributed by atoms with Crippen LogP contribution in [0.5, 0.6) is 11.5 Å². The van der Waals surface area contributed by atoms with Crippen LogP contribution < -0.4 is 14.8 Å². The topological polar surface area (TPSA) is 97.3 Å². The number of amides is 2. The largest absolute Gasteiger partial charge is 0.496 e. The molecule has 2 unspecified atom stereocenters. The second kappa shape index (κ2) is 11.5. The maximum atomic E-state index is 12.7. The molecule has 8 heteroatoms. The summed E-state index contributed by atoms with van der Waals surface area (Å²) in [6, 6.07) is 22.8. The number of carbonyl (C=O) groups is 2. The van der Waals surface area contributed by atoms with Crippen LogP contribution in [0.2, 0.25) is 0 Å². The molecule has 8 nitrogen and oxygen atoms in total. The van der Waals surface area contributed by atoms with Gasteiger partial charge in [-0.05, 0) is 35.9 Å². The summed E-state index contributed by atoms with van der Waals surface area (Å²) in [5, 5.41) is 13.9. The fraction of sp³-hybridized carbons (Fsp3) is 0.259. The van der Waals surface area contributed by atoms with Gasteiger partial charge in [-0.2, -0.15) is 0 Å². The maximum absolute atomic E-state index is 12.7. The Balaban J connectivity index is 1.40. The molecule has 2 N–H and O–H groups in total. The predicted molar refractivity (Wildman–Crippen MR) is 130 cm³/mol. The van der Waals surface area contributed by atoms with Crippen molar-refractivity contribution in [3.63, 3.8) is 0 Å². The maximum Gasteiger partial charge on any atom is 0.262 e. The molecule has 3 aromatic carbocycles. The first kappa shape index (κ1) is 24.3. The quantitative estimate of drug-likeness (QED) is 0.492. The van der Waals surface area contributed by atoms with Crippen molar-refractivity contribution in [2.45, 2.75) is 18.7 Å². The van der Waals surface area contributed by atoms with Crippen molar-refractivity contribution in [1.29, 1.82) is 0 Å². The van der Waals surface area contributed by atoms with Crippen LogP contribution >= 0.6 is 0 Å². The van der Waals surface area contributed by atoms with E-state index in [1.807, 2.05) is 42.5 Å². The summed E-state index contributed by atoms with van der Waals surface area (Å²) in [6.07, 6.45) is -0.972. The van der Waals surface area contributed by atoms with Crippen LogP contribution in [-0.2, 0) is 20.9 Å². The van der Waals surface area contributed by atoms with Crippen LogP contribution in [0.1, 0.15) is 17.2 Å². The third-order valence-corrected chi connectivity index (χ3v) is 5.78. The van der Waals surface area contributed by atoms with E-state index in [2.05, 4.69) is 5.32 Å². The van der Waals surface area contributed by atoms with Crippen LogP contribution in [0.15, 0.2) is 78.9 Å². The number of aliphatic hydroxyl groups excluding tert-OH is 1. The molecule has 0 aliphatic carbocycles. The van der Waals surface area contributed by atoms with Gasteiger partial charge in [0.15, 0.2) is 6.61 Å². The van der Waals surface area contributed by atoms with Gasteiger partial charge in [-0.25, -0.2) is 0 Å². The Labute approximate surface area is 204 Å². The molecule has 0 spiro atoms. The summed E-state index contributed by atoms with van der Waals surface area (Å²) >= 11 is 0. The Morgan fingerprint density at radius 1 is 1.09 bits per heavy atom. The van der Waals surface area contributed by atoms with Gasteiger partial charge in [0.25, 0.3) is 5.91 Å². The van der Waals surface area contributed by atoms with Crippen LogP contribution in [-0.4, -0.2) is 54.8 Å². The van der Waals surface area contributed by atoms with Gasteiger partial charge in [0.05, 0.1) is 19.8 Å². The van der Waals surface area contributed by atoms with E-state index in [1.165, 1.54) is 0 Å². The number of nitrogens with one attached hydrogen (secondary N) is 1. The molecule has 4 rings (SSSR count). The third-order valence-electron chi connectivity index (χ3n) is 5.78. The van der Waals surface area contributed by atoms with E-state index in [0.717, 1.165) is 5.56 Å². The molecule has 2 atom stereocenters. The Kier molecular flexibility index (Phi) is 7.97. The molecule has 0 aromatic heterocycles. The van der Waals surface area contributed by atoms with Crippen LogP contribution in [0.4, 0.5) is 5.69 Å². The van der Waals surface area contributed by atoms with E-state index < -0.39 is 12.1 Å². The van der Waals surface area contributed by atoms with E-state index in [4.69, 9.17) is 14.2 Å². The zero-order chi connectivity index (χ0) is 24.6. The molecule has 0 radical (unpaired) electrons. The minimum absolute atomic E-state index is 0.0333. The number of ether oxygens (including phenoxy) is 3. The summed E-state index contributed by atoms with van der Waals surface area (Å²) in [5.74, 6) is 0.796. The molecule has 1 saturated heterocycles. The summed E-state index contributed by atoms with van der Waals surface area (Å²) in [5.41, 5.74) is 2.03. The Hall–Kier alpha value is -3.88. The van der Waals surface area contributed by atoms with E-state index in [1.54, 1.807) is 48.4 Å². The van der Waals surface area contributed by atoms with Gasteiger partial charge < -0.3 is 29.5 Å². The summed E-state index contributed by atoms with van der Waals surface area (Å²) in [6.45, 7) is 0.350. The fourth-order valence-corrected chi connectivity index (χ4v) is 3.96. The number of morpholine rings is 1. The van der Waals surface area contributed by atoms with Gasteiger partial charge in [-0.3, -0.25) is 9.59 Å². The minimum atomic E-state index is -0.972. The average Bonchev–Trinajstić information content (AvgIpc) is 2.89. The van der Waals surface area contributed by atoms with Gasteiger partial charge in [-0.1, -0.05) is 48.5 Å². The molecular formula is C27H28N2O6. The number of nitrogens with zero attached hydrogens (tertiary/aromatic N) is 1. The minimum Gasteiger partial charge on any atom is -0.496 e. The number of benzene rings is 3. The zero-order valence-electron chi connectivity index (χ0n) is 19.4. The van der Waals surface area contributed by atoms with Crippen molar-refractivity contribution in [2.75, 3.05) is 32.2 Å². The fourth-order valence-electron chi connectivity index (χ4n) is 3.96. The van der Waals surface area contributed by atoms with Crippen molar-refractivity contribution >= 4 is 17.5 Å². The number of aliphatic hydroxyl groups is 1. The second-order valence-corrected chi connectivity index (χ2v) is 8.13. The number of anilines is 1. The van der Waals surface area contributed by atoms with Crippen molar-refractivity contribution in [2.24, 2.45) is 0 Å². The van der Waals surface area contributed by atoms with E-state index in [0.29, 0.717) is 29.3 Å². The Morgan fingerprint density at radius 2 is 1.80 bits per heavy atom. The first-order valence-corrected chi connectivity index (χ1v) is 11.3. The summed E-state index contributed by atoms with van der Waals surface area (Å²) in [4.78, 5) is 26.5. The lowest BCUT2D eigenvalue weighted by molar-refractivity contribution is -0.155. The lowest BCUT2D eigenvalue weighted by atomic mass is 9.99. The molecular weight excluding hydrogens is 448 g/mol. The third kappa shape index (κ3) is 6.17. The summed E-state index contributed by atoms with van der Waals surface area (Å²) in [7, 11) is 1.58. The molecule has 1 heterocycles. The lowest BCUT2D eigenvalue weighted by Crippen LogP contribution is -2.51. The van der Waals surface area contributed by atoms with E-state index in [-0.39, 0.29) is 31.6 Å². The number of para-hydroxylation sites is 2. The molecule has 1 aliphatic rings. The standard InChI is InChI=1S/C27H28N2O6/c1-33-24-10-6-5-7-20(24)15-29-23(16-34-18-26(29)31)27(32)19-11-13-21(14-12-19)28-25(30)17-35-22-8-3-2-4-9-22/h2-14,23,27,32H,15-18H2,1H3,(H,28,30). The second-order valence-electron chi connectivity index (χ2n) is 8.13. The number of hydrogen-bond donors (Lipinski definition) is 2. The highest BCUT2D eigenvalue weighted by Gasteiger charge is 2.35. The number of rotatable bonds is 9. The first-order valence-electron chi connectivity index (χ1n) is 11.3. The monoisotopic (exact) mass is 476 g/mol. The van der Waals surface area contributed by atoms with Crippen LogP contribution in [0.3, 0.4) is 0 Å². The molecule has 1 aliphatic heterocycles. The highest BCUT2D eigenvalue weighted by Crippen LogP contribution is 2.28. The number of hydrogen-bond acceptors (Lipinski definition) is 6. The summed E-state index contributed by atoms with van der Waals surface area (Å²) < 4.78 is 16.3. The lowest BCUT2D eigenvalue weighted by Gasteiger charge is -2.38. The smallest absolute Gasteiger partial charge is 0.262 e. The molecule has 182 valence electrons. The van der Waals surface area contributed by atoms with Gasteiger partial charge in [0.1, 0.15) is 24.2 Å². The molecule has 1 fully saturated rings. The molecule has 2 amide bonds. The molecule has 3 aromatic rings. The molecule has 35 heavy (non-hydrogen) atoms. The average molecular weight is 477 g/mol. The van der Waals surface area contributed by atoms with E-state index in [9.17, 15) is 14.7 Å². The van der Waals surface area contributed by atoms with Crippen LogP contribution in [0.25, 0.3) is 0 Å². The Bertz CT molecular complexity index is 1140. The van der Waals surface area contributed by atoms with Gasteiger partial charge in [0, 0.05) is 17.8 Å². The van der Waals surface area contributed by atoms with Crippen molar-refractivity contribution in [3.8, 4) is 11.5 Å². The van der Waals surface area contributed by atoms with Crippen molar-refractivity contribution in [1.82, 2.24) is 4.90 Å². The van der Waals surface area contributed by atoms with Crippen LogP contribution in [0, 0.1) is 0 Å². The van der Waals surface area contributed by atoms with Crippen molar-refractivity contribution < 1.29 is 28.9 Å². The van der Waals surface area contributed by atoms with Gasteiger partial charge in [0.2, 0.25) is 5.91 Å². The van der Waals surface area contributed by atoms with Crippen molar-refractivity contribution in [3.05, 3.63) is 90.0 Å². The highest BCUT2D eigenvalue weighted by molar-refractivity contribution is 5.91. The Morgan fingerprint density at radius 3 is 2.54 bits per heavy atom. The predicted octanol–water partition coefficient (Wildman–Crippen LogP) is 3.17.